The van der Waals surface area contributed by atoms with E-state index >= 15 is 0 Å². The molecule has 1 N–H and O–H groups in total. The number of amides is 1. The van der Waals surface area contributed by atoms with Crippen LogP contribution in [0.2, 0.25) is 0 Å². The van der Waals surface area contributed by atoms with Crippen LogP contribution >= 0.6 is 0 Å². The van der Waals surface area contributed by atoms with Crippen LogP contribution in [-0.2, 0) is 9.59 Å². The summed E-state index contributed by atoms with van der Waals surface area (Å²) >= 11 is 0. The van der Waals surface area contributed by atoms with Crippen LogP contribution in [0.3, 0.4) is 0 Å². The summed E-state index contributed by atoms with van der Waals surface area (Å²) in [4.78, 5) is 21.6. The number of carbonyl (C=O) groups is 2. The van der Waals surface area contributed by atoms with Crippen molar-refractivity contribution in [2.45, 2.75) is 13.3 Å². The normalized spacial score (nSPS) is 20.8. The topological polar surface area (TPSA) is 60.9 Å². The molecule has 1 atom stereocenters. The van der Waals surface area contributed by atoms with Gasteiger partial charge in [0.1, 0.15) is 0 Å². The second kappa shape index (κ2) is 3.74. The number of nitrogens with zero attached hydrogens (tertiary/aromatic N) is 2. The number of carbonyl (C=O) groups excluding carboxylic acids is 1. The summed E-state index contributed by atoms with van der Waals surface area (Å²) in [6.07, 6.45) is 0.489. The molecule has 1 aliphatic rings. The van der Waals surface area contributed by atoms with Gasteiger partial charge in [-0.05, 0) is 0 Å². The van der Waals surface area contributed by atoms with Crippen molar-refractivity contribution in [3.63, 3.8) is 0 Å². The van der Waals surface area contributed by atoms with E-state index in [-0.39, 0.29) is 5.91 Å². The summed E-state index contributed by atoms with van der Waals surface area (Å²) in [7, 11) is 1.67. The molecule has 1 heterocycles. The number of carboxylic acid groups (broad SMARTS) is 1. The Morgan fingerprint density at radius 3 is 2.69 bits per heavy atom. The van der Waals surface area contributed by atoms with E-state index in [1.54, 1.807) is 19.0 Å². The Balaban J connectivity index is 2.46. The molecule has 0 aromatic rings. The number of hydrazine groups is 1. The van der Waals surface area contributed by atoms with Gasteiger partial charge in [0.2, 0.25) is 5.91 Å². The van der Waals surface area contributed by atoms with Crippen LogP contribution in [0, 0.1) is 5.92 Å². The van der Waals surface area contributed by atoms with Crippen molar-refractivity contribution >= 4 is 11.9 Å². The molecular formula is C8H14N2O3. The predicted molar refractivity (Wildman–Crippen MR) is 45.8 cm³/mol. The molecule has 0 spiro atoms. The second-order valence-corrected chi connectivity index (χ2v) is 3.32. The van der Waals surface area contributed by atoms with Crippen LogP contribution in [0.1, 0.15) is 13.3 Å². The summed E-state index contributed by atoms with van der Waals surface area (Å²) in [6, 6.07) is 0. The zero-order valence-electron chi connectivity index (χ0n) is 7.86. The standard InChI is InChI=1S/C8H14N2O3/c1-6(8(12)13)5-10-4-3-7(11)9(10)2/h6H,3-5H2,1-2H3,(H,12,13). The average molecular weight is 186 g/mol. The highest BCUT2D eigenvalue weighted by Gasteiger charge is 2.27. The van der Waals surface area contributed by atoms with Gasteiger partial charge in [0, 0.05) is 26.6 Å². The largest absolute Gasteiger partial charge is 0.481 e. The fourth-order valence-electron chi connectivity index (χ4n) is 1.30. The molecule has 13 heavy (non-hydrogen) atoms. The van der Waals surface area contributed by atoms with E-state index in [1.807, 2.05) is 0 Å². The van der Waals surface area contributed by atoms with Crippen LogP contribution < -0.4 is 0 Å². The van der Waals surface area contributed by atoms with E-state index in [2.05, 4.69) is 0 Å². The van der Waals surface area contributed by atoms with Crippen molar-refractivity contribution in [2.75, 3.05) is 20.1 Å². The zero-order valence-corrected chi connectivity index (χ0v) is 7.86. The molecule has 1 fully saturated rings. The number of hydrogen-bond donors (Lipinski definition) is 1. The SMILES string of the molecule is CC(CN1CCC(=O)N1C)C(=O)O. The number of hydrogen-bond acceptors (Lipinski definition) is 3. The average Bonchev–Trinajstić information content (AvgIpc) is 2.36. The molecule has 1 amide bonds. The van der Waals surface area contributed by atoms with Crippen molar-refractivity contribution < 1.29 is 14.7 Å². The van der Waals surface area contributed by atoms with Gasteiger partial charge in [-0.3, -0.25) is 14.6 Å². The lowest BCUT2D eigenvalue weighted by atomic mass is 10.2. The quantitative estimate of drug-likeness (QED) is 0.662. The third-order valence-corrected chi connectivity index (χ3v) is 2.28. The Hall–Kier alpha value is -1.10. The summed E-state index contributed by atoms with van der Waals surface area (Å²) in [5.41, 5.74) is 0. The molecule has 1 aliphatic heterocycles. The third kappa shape index (κ3) is 2.18. The van der Waals surface area contributed by atoms with Crippen LogP contribution in [0.4, 0.5) is 0 Å². The third-order valence-electron chi connectivity index (χ3n) is 2.28. The maximum atomic E-state index is 11.1. The monoisotopic (exact) mass is 186 g/mol. The van der Waals surface area contributed by atoms with E-state index in [0.29, 0.717) is 19.5 Å². The molecule has 1 unspecified atom stereocenters. The maximum absolute atomic E-state index is 11.1. The van der Waals surface area contributed by atoms with Gasteiger partial charge in [-0.15, -0.1) is 0 Å². The van der Waals surface area contributed by atoms with E-state index < -0.39 is 11.9 Å². The summed E-state index contributed by atoms with van der Waals surface area (Å²) in [5.74, 6) is -1.21. The summed E-state index contributed by atoms with van der Waals surface area (Å²) in [6.45, 7) is 2.67. The fraction of sp³-hybridized carbons (Fsp3) is 0.750. The molecule has 1 rings (SSSR count). The van der Waals surface area contributed by atoms with Gasteiger partial charge < -0.3 is 5.11 Å². The molecule has 0 saturated carbocycles. The van der Waals surface area contributed by atoms with Gasteiger partial charge >= 0.3 is 5.97 Å². The molecule has 5 heteroatoms. The summed E-state index contributed by atoms with van der Waals surface area (Å²) < 4.78 is 0. The van der Waals surface area contributed by atoms with Gasteiger partial charge in [0.15, 0.2) is 0 Å². The fourth-order valence-corrected chi connectivity index (χ4v) is 1.30. The molecule has 5 nitrogen and oxygen atoms in total. The van der Waals surface area contributed by atoms with Crippen molar-refractivity contribution in [1.29, 1.82) is 0 Å². The maximum Gasteiger partial charge on any atom is 0.307 e. The van der Waals surface area contributed by atoms with Gasteiger partial charge in [0.25, 0.3) is 0 Å². The molecule has 0 aliphatic carbocycles. The minimum Gasteiger partial charge on any atom is -0.481 e. The highest BCUT2D eigenvalue weighted by Crippen LogP contribution is 2.11. The Morgan fingerprint density at radius 2 is 2.31 bits per heavy atom. The highest BCUT2D eigenvalue weighted by molar-refractivity contribution is 5.77. The minimum absolute atomic E-state index is 0.0533. The van der Waals surface area contributed by atoms with Gasteiger partial charge in [0.05, 0.1) is 5.92 Å². The molecule has 0 bridgehead atoms. The zero-order chi connectivity index (χ0) is 10.0. The van der Waals surface area contributed by atoms with Crippen LogP contribution in [-0.4, -0.2) is 47.1 Å². The van der Waals surface area contributed by atoms with E-state index in [1.165, 1.54) is 5.01 Å². The van der Waals surface area contributed by atoms with Crippen molar-refractivity contribution in [1.82, 2.24) is 10.0 Å². The Labute approximate surface area is 76.9 Å². The smallest absolute Gasteiger partial charge is 0.307 e. The Kier molecular flexibility index (Phi) is 2.87. The highest BCUT2D eigenvalue weighted by atomic mass is 16.4. The van der Waals surface area contributed by atoms with Crippen LogP contribution in [0.25, 0.3) is 0 Å². The first-order valence-electron chi connectivity index (χ1n) is 4.26. The molecule has 0 aromatic carbocycles. The molecule has 0 radical (unpaired) electrons. The number of rotatable bonds is 3. The first-order valence-corrected chi connectivity index (χ1v) is 4.26. The van der Waals surface area contributed by atoms with E-state index in [4.69, 9.17) is 5.11 Å². The molecule has 74 valence electrons. The molecular weight excluding hydrogens is 172 g/mol. The van der Waals surface area contributed by atoms with E-state index in [9.17, 15) is 9.59 Å². The van der Waals surface area contributed by atoms with Gasteiger partial charge in [-0.1, -0.05) is 6.92 Å². The summed E-state index contributed by atoms with van der Waals surface area (Å²) in [5, 5.41) is 11.9. The van der Waals surface area contributed by atoms with Crippen molar-refractivity contribution in [3.8, 4) is 0 Å². The predicted octanol–water partition coefficient (Wildman–Crippen LogP) is -0.214. The first-order chi connectivity index (χ1) is 6.02. The molecule has 0 aromatic heterocycles. The second-order valence-electron chi connectivity index (χ2n) is 3.32. The lowest BCUT2D eigenvalue weighted by molar-refractivity contribution is -0.145. The van der Waals surface area contributed by atoms with Crippen molar-refractivity contribution in [2.24, 2.45) is 5.92 Å². The lowest BCUT2D eigenvalue weighted by Gasteiger charge is -2.25. The number of aliphatic carboxylic acids is 1. The van der Waals surface area contributed by atoms with Gasteiger partial charge in [-0.2, -0.15) is 0 Å². The van der Waals surface area contributed by atoms with Crippen molar-refractivity contribution in [3.05, 3.63) is 0 Å². The van der Waals surface area contributed by atoms with Crippen LogP contribution in [0.15, 0.2) is 0 Å². The molecule has 1 saturated heterocycles. The van der Waals surface area contributed by atoms with Gasteiger partial charge in [-0.25, -0.2) is 5.01 Å². The minimum atomic E-state index is -0.826. The van der Waals surface area contributed by atoms with Crippen LogP contribution in [0.5, 0.6) is 0 Å². The number of carboxylic acids is 1. The Bertz CT molecular complexity index is 229. The van der Waals surface area contributed by atoms with E-state index in [0.717, 1.165) is 0 Å². The lowest BCUT2D eigenvalue weighted by Crippen LogP contribution is -2.39. The first kappa shape index (κ1) is 9.98. The Morgan fingerprint density at radius 1 is 1.69 bits per heavy atom.